The van der Waals surface area contributed by atoms with E-state index in [0.717, 1.165) is 70.6 Å². The summed E-state index contributed by atoms with van der Waals surface area (Å²) in [7, 11) is -4.63. The van der Waals surface area contributed by atoms with Gasteiger partial charge in [0.2, 0.25) is 0 Å². The normalized spacial score (nSPS) is 14.1. The van der Waals surface area contributed by atoms with Crippen LogP contribution < -0.4 is 0 Å². The molecule has 10 nitrogen and oxygen atoms in total. The van der Waals surface area contributed by atoms with Crippen molar-refractivity contribution in [3.8, 4) is 0 Å². The summed E-state index contributed by atoms with van der Waals surface area (Å²) in [6.07, 6.45) is 50.7. The van der Waals surface area contributed by atoms with Crippen LogP contribution in [-0.4, -0.2) is 65.7 Å². The van der Waals surface area contributed by atoms with Crippen molar-refractivity contribution >= 4 is 19.8 Å². The van der Waals surface area contributed by atoms with E-state index in [2.05, 4.69) is 62.5 Å². The fraction of sp³-hybridized carbons (Fsp3) is 0.800. The Kier molecular flexibility index (Phi) is 44.4. The number of phosphoric ester groups is 1. The number of carbonyl (C=O) groups excluding carboxylic acids is 2. The van der Waals surface area contributed by atoms with Gasteiger partial charge >= 0.3 is 19.8 Å². The molecule has 3 unspecified atom stereocenters. The molecule has 0 saturated carbocycles. The minimum atomic E-state index is -4.63. The SMILES string of the molecule is CCCCC/C=C\C/C=C\C/C=C\CCCCCCCCC(=O)OC(COC(=O)CCCCCCCCCCC/C=C\CCCCCCCC)COP(=O)(O)OCC(O)CO. The van der Waals surface area contributed by atoms with Crippen LogP contribution in [0.25, 0.3) is 0 Å². The lowest BCUT2D eigenvalue weighted by Gasteiger charge is -2.20. The summed E-state index contributed by atoms with van der Waals surface area (Å²) in [6.45, 7) is 2.35. The maximum Gasteiger partial charge on any atom is 0.472 e. The lowest BCUT2D eigenvalue weighted by Crippen LogP contribution is -2.29. The maximum absolute atomic E-state index is 12.7. The molecule has 0 aliphatic rings. The summed E-state index contributed by atoms with van der Waals surface area (Å²) < 4.78 is 32.8. The Bertz CT molecular complexity index is 1150. The number of unbranched alkanes of at least 4 members (excludes halogenated alkanes) is 24. The van der Waals surface area contributed by atoms with Crippen molar-refractivity contribution in [1.82, 2.24) is 0 Å². The van der Waals surface area contributed by atoms with Gasteiger partial charge in [-0.15, -0.1) is 0 Å². The highest BCUT2D eigenvalue weighted by Crippen LogP contribution is 2.43. The fourth-order valence-electron chi connectivity index (χ4n) is 6.64. The van der Waals surface area contributed by atoms with E-state index in [1.54, 1.807) is 0 Å². The van der Waals surface area contributed by atoms with Gasteiger partial charge in [-0.05, 0) is 77.0 Å². The second-order valence-electron chi connectivity index (χ2n) is 16.5. The summed E-state index contributed by atoms with van der Waals surface area (Å²) >= 11 is 0. The van der Waals surface area contributed by atoms with Gasteiger partial charge in [0.15, 0.2) is 6.10 Å². The highest BCUT2D eigenvalue weighted by atomic mass is 31.2. The minimum absolute atomic E-state index is 0.169. The van der Waals surface area contributed by atoms with E-state index in [9.17, 15) is 24.2 Å². The molecule has 3 atom stereocenters. The van der Waals surface area contributed by atoms with Crippen LogP contribution in [0.3, 0.4) is 0 Å². The Morgan fingerprint density at radius 1 is 0.492 bits per heavy atom. The number of allylic oxidation sites excluding steroid dienone is 8. The number of hydrogen-bond donors (Lipinski definition) is 3. The molecule has 0 amide bonds. The topological polar surface area (TPSA) is 149 Å². The molecule has 0 aromatic heterocycles. The molecule has 0 spiro atoms. The Morgan fingerprint density at radius 3 is 1.33 bits per heavy atom. The molecule has 3 N–H and O–H groups in total. The number of carbonyl (C=O) groups is 2. The van der Waals surface area contributed by atoms with E-state index in [0.29, 0.717) is 12.8 Å². The van der Waals surface area contributed by atoms with Crippen molar-refractivity contribution in [1.29, 1.82) is 0 Å². The largest absolute Gasteiger partial charge is 0.472 e. The zero-order valence-electron chi connectivity index (χ0n) is 38.9. The molecular weight excluding hydrogens is 792 g/mol. The molecule has 0 radical (unpaired) electrons. The number of phosphoric acid groups is 1. The van der Waals surface area contributed by atoms with Crippen molar-refractivity contribution in [3.05, 3.63) is 48.6 Å². The van der Waals surface area contributed by atoms with Crippen LogP contribution in [0, 0.1) is 0 Å². The Labute approximate surface area is 373 Å². The first kappa shape index (κ1) is 58.9. The Hall–Kier alpha value is -2.07. The molecule has 0 aliphatic heterocycles. The van der Waals surface area contributed by atoms with E-state index < -0.39 is 51.8 Å². The lowest BCUT2D eigenvalue weighted by atomic mass is 10.1. The van der Waals surface area contributed by atoms with E-state index >= 15 is 0 Å². The third-order valence-electron chi connectivity index (χ3n) is 10.5. The molecular formula is C50H91O10P. The van der Waals surface area contributed by atoms with Crippen molar-refractivity contribution in [2.45, 2.75) is 232 Å². The van der Waals surface area contributed by atoms with Gasteiger partial charge in [-0.25, -0.2) is 4.57 Å². The van der Waals surface area contributed by atoms with Crippen LogP contribution in [0.1, 0.15) is 219 Å². The van der Waals surface area contributed by atoms with Gasteiger partial charge in [0.05, 0.1) is 19.8 Å². The molecule has 61 heavy (non-hydrogen) atoms. The van der Waals surface area contributed by atoms with Crippen LogP contribution >= 0.6 is 7.82 Å². The molecule has 0 aliphatic carbocycles. The van der Waals surface area contributed by atoms with E-state index in [4.69, 9.17) is 23.6 Å². The van der Waals surface area contributed by atoms with E-state index in [1.807, 2.05) is 0 Å². The van der Waals surface area contributed by atoms with Gasteiger partial charge in [0, 0.05) is 12.8 Å². The summed E-state index contributed by atoms with van der Waals surface area (Å²) in [5.74, 6) is -0.938. The first-order valence-electron chi connectivity index (χ1n) is 24.6. The van der Waals surface area contributed by atoms with Crippen LogP contribution in [0.5, 0.6) is 0 Å². The molecule has 11 heteroatoms. The Balaban J connectivity index is 4.24. The van der Waals surface area contributed by atoms with Crippen LogP contribution in [0.4, 0.5) is 0 Å². The second kappa shape index (κ2) is 45.9. The first-order valence-corrected chi connectivity index (χ1v) is 26.1. The third-order valence-corrected chi connectivity index (χ3v) is 11.4. The number of hydrogen-bond acceptors (Lipinski definition) is 9. The van der Waals surface area contributed by atoms with Crippen LogP contribution in [0.15, 0.2) is 48.6 Å². The first-order chi connectivity index (χ1) is 29.7. The minimum Gasteiger partial charge on any atom is -0.462 e. The van der Waals surface area contributed by atoms with Crippen molar-refractivity contribution < 1.29 is 47.8 Å². The second-order valence-corrected chi connectivity index (χ2v) is 17.9. The molecule has 0 fully saturated rings. The number of ether oxygens (including phenoxy) is 2. The zero-order chi connectivity index (χ0) is 44.8. The summed E-state index contributed by atoms with van der Waals surface area (Å²) in [5.41, 5.74) is 0. The van der Waals surface area contributed by atoms with E-state index in [1.165, 1.54) is 109 Å². The van der Waals surface area contributed by atoms with Gasteiger partial charge in [0.1, 0.15) is 12.7 Å². The van der Waals surface area contributed by atoms with Crippen molar-refractivity contribution in [2.24, 2.45) is 0 Å². The predicted molar refractivity (Wildman–Crippen MR) is 251 cm³/mol. The molecule has 0 aromatic rings. The highest BCUT2D eigenvalue weighted by molar-refractivity contribution is 7.47. The van der Waals surface area contributed by atoms with Gasteiger partial charge < -0.3 is 24.6 Å². The molecule has 0 heterocycles. The monoisotopic (exact) mass is 883 g/mol. The molecule has 356 valence electrons. The standard InChI is InChI=1S/C50H91O10P/c1-3-5-7-9-11-13-15-17-19-21-23-25-27-29-31-33-35-37-39-41-49(53)57-45-48(46-59-61(55,56)58-44-47(52)43-51)60-50(54)42-40-38-36-34-32-30-28-26-24-22-20-18-16-14-12-10-8-6-4-2/h12,14,17-20,24,26,47-48,51-52H,3-11,13,15-16,21-23,25,27-46H2,1-2H3,(H,55,56)/b14-12-,19-17-,20-18-,26-24-. The molecule has 0 rings (SSSR count). The lowest BCUT2D eigenvalue weighted by molar-refractivity contribution is -0.161. The zero-order valence-corrected chi connectivity index (χ0v) is 39.8. The van der Waals surface area contributed by atoms with Crippen LogP contribution in [0.2, 0.25) is 0 Å². The third kappa shape index (κ3) is 45.8. The summed E-state index contributed by atoms with van der Waals surface area (Å²) in [4.78, 5) is 35.1. The van der Waals surface area contributed by atoms with E-state index in [-0.39, 0.29) is 19.4 Å². The number of esters is 2. The van der Waals surface area contributed by atoms with Crippen molar-refractivity contribution in [3.63, 3.8) is 0 Å². The number of aliphatic hydroxyl groups is 2. The average Bonchev–Trinajstić information content (AvgIpc) is 3.25. The molecule has 0 aromatic carbocycles. The molecule has 0 bridgehead atoms. The summed E-state index contributed by atoms with van der Waals surface area (Å²) in [5, 5.41) is 18.4. The fourth-order valence-corrected chi connectivity index (χ4v) is 7.43. The molecule has 0 saturated heterocycles. The van der Waals surface area contributed by atoms with Gasteiger partial charge in [-0.2, -0.15) is 0 Å². The highest BCUT2D eigenvalue weighted by Gasteiger charge is 2.27. The number of rotatable bonds is 46. The van der Waals surface area contributed by atoms with Crippen molar-refractivity contribution in [2.75, 3.05) is 26.4 Å². The maximum atomic E-state index is 12.7. The number of aliphatic hydroxyl groups excluding tert-OH is 2. The quantitative estimate of drug-likeness (QED) is 0.0233. The van der Waals surface area contributed by atoms with Gasteiger partial charge in [0.25, 0.3) is 0 Å². The predicted octanol–water partition coefficient (Wildman–Crippen LogP) is 13.7. The smallest absolute Gasteiger partial charge is 0.462 e. The average molecular weight is 883 g/mol. The van der Waals surface area contributed by atoms with Gasteiger partial charge in [-0.3, -0.25) is 18.6 Å². The summed E-state index contributed by atoms with van der Waals surface area (Å²) in [6, 6.07) is 0. The van der Waals surface area contributed by atoms with Crippen LogP contribution in [-0.2, 0) is 32.7 Å². The van der Waals surface area contributed by atoms with Gasteiger partial charge in [-0.1, -0.05) is 178 Å². The Morgan fingerprint density at radius 2 is 0.852 bits per heavy atom.